The van der Waals surface area contributed by atoms with Gasteiger partial charge in [-0.15, -0.1) is 5.10 Å². The molecule has 1 aromatic heterocycles. The zero-order chi connectivity index (χ0) is 29.8. The Morgan fingerprint density at radius 2 is 1.64 bits per heavy atom. The molecule has 2 aliphatic rings. The molecule has 0 bridgehead atoms. The molecule has 0 radical (unpaired) electrons. The van der Waals surface area contributed by atoms with Crippen LogP contribution >= 0.6 is 0 Å². The third-order valence-corrected chi connectivity index (χ3v) is 7.60. The van der Waals surface area contributed by atoms with Crippen molar-refractivity contribution in [2.75, 3.05) is 57.2 Å². The molecule has 3 heterocycles. The minimum Gasteiger partial charge on any atom is -0.448 e. The Labute approximate surface area is 246 Å². The highest BCUT2D eigenvalue weighted by Gasteiger charge is 2.36. The largest absolute Gasteiger partial charge is 0.448 e. The Bertz CT molecular complexity index is 1410. The highest BCUT2D eigenvalue weighted by Crippen LogP contribution is 2.33. The van der Waals surface area contributed by atoms with Gasteiger partial charge in [0.2, 0.25) is 0 Å². The molecule has 2 aromatic carbocycles. The topological polar surface area (TPSA) is 109 Å². The molecule has 11 heteroatoms. The number of amides is 2. The third-order valence-electron chi connectivity index (χ3n) is 7.60. The van der Waals surface area contributed by atoms with Crippen molar-refractivity contribution in [2.45, 2.75) is 33.0 Å². The summed E-state index contributed by atoms with van der Waals surface area (Å²) in [6.07, 6.45) is -1.46. The lowest BCUT2D eigenvalue weighted by atomic mass is 10.1. The van der Waals surface area contributed by atoms with Crippen LogP contribution in [-0.2, 0) is 27.4 Å². The van der Waals surface area contributed by atoms with Crippen LogP contribution in [-0.4, -0.2) is 84.4 Å². The van der Waals surface area contributed by atoms with Crippen molar-refractivity contribution >= 4 is 29.4 Å². The molecule has 1 fully saturated rings. The fourth-order valence-corrected chi connectivity index (χ4v) is 5.19. The van der Waals surface area contributed by atoms with E-state index in [0.29, 0.717) is 16.8 Å². The van der Waals surface area contributed by atoms with Gasteiger partial charge in [-0.05, 0) is 42.8 Å². The Morgan fingerprint density at radius 1 is 0.952 bits per heavy atom. The predicted molar refractivity (Wildman–Crippen MR) is 158 cm³/mol. The monoisotopic (exact) mass is 574 g/mol. The number of fused-ring (bicyclic) bond motifs is 1. The van der Waals surface area contributed by atoms with E-state index in [1.165, 1.54) is 7.11 Å². The van der Waals surface area contributed by atoms with E-state index in [1.54, 1.807) is 17.0 Å². The predicted octanol–water partition coefficient (Wildman–Crippen LogP) is 3.76. The first kappa shape index (κ1) is 29.3. The molecule has 0 saturated carbocycles. The van der Waals surface area contributed by atoms with Crippen LogP contribution in [0.1, 0.15) is 47.1 Å². The molecule has 1 saturated heterocycles. The molecule has 0 unspecified atom stereocenters. The van der Waals surface area contributed by atoms with Crippen LogP contribution in [0.5, 0.6) is 0 Å². The van der Waals surface area contributed by atoms with Gasteiger partial charge in [-0.1, -0.05) is 44.2 Å². The van der Waals surface area contributed by atoms with E-state index in [-0.39, 0.29) is 43.2 Å². The zero-order valence-electron chi connectivity index (χ0n) is 24.6. The lowest BCUT2D eigenvalue weighted by molar-refractivity contribution is -0.143. The highest BCUT2D eigenvalue weighted by atomic mass is 16.6. The number of benzene rings is 2. The average Bonchev–Trinajstić information content (AvgIpc) is 3.58. The molecular weight excluding hydrogens is 536 g/mol. The minimum atomic E-state index is -0.804. The second kappa shape index (κ2) is 12.7. The number of piperazine rings is 1. The van der Waals surface area contributed by atoms with Crippen molar-refractivity contribution in [1.82, 2.24) is 19.6 Å². The van der Waals surface area contributed by atoms with Crippen molar-refractivity contribution in [3.05, 3.63) is 77.0 Å². The molecule has 222 valence electrons. The summed E-state index contributed by atoms with van der Waals surface area (Å²) in [7, 11) is 3.60. The number of carbonyl (C=O) groups is 3. The second-order valence-corrected chi connectivity index (χ2v) is 11.2. The standard InChI is InChI=1S/C31H38N6O5/c1-21(2)20-42-31(40)37-26-19-36(30(39)27(41-4)22-8-6-5-7-9-22)18-25(26)28(33-37)32-29(38)23-10-12-24(13-11-23)35-16-14-34(3)15-17-35/h5-13,21,27H,14-20H2,1-4H3,(H,32,33,38)/t27-/m1/s1. The molecule has 2 amide bonds. The van der Waals surface area contributed by atoms with Gasteiger partial charge in [-0.3, -0.25) is 9.59 Å². The molecule has 11 nitrogen and oxygen atoms in total. The lowest BCUT2D eigenvalue weighted by Gasteiger charge is -2.34. The van der Waals surface area contributed by atoms with Gasteiger partial charge in [-0.2, -0.15) is 4.68 Å². The number of methoxy groups -OCH3 is 1. The van der Waals surface area contributed by atoms with Crippen molar-refractivity contribution in [3.63, 3.8) is 0 Å². The molecule has 1 atom stereocenters. The van der Waals surface area contributed by atoms with Gasteiger partial charge in [0.1, 0.15) is 0 Å². The summed E-state index contributed by atoms with van der Waals surface area (Å²) in [5.74, 6) is -0.244. The number of carbonyl (C=O) groups excluding carboxylic acids is 3. The number of hydrogen-bond donors (Lipinski definition) is 1. The number of anilines is 2. The van der Waals surface area contributed by atoms with Crippen molar-refractivity contribution in [2.24, 2.45) is 5.92 Å². The van der Waals surface area contributed by atoms with Crippen molar-refractivity contribution in [1.29, 1.82) is 0 Å². The average molecular weight is 575 g/mol. The Balaban J connectivity index is 1.36. The van der Waals surface area contributed by atoms with E-state index in [0.717, 1.165) is 42.1 Å². The van der Waals surface area contributed by atoms with Crippen LogP contribution in [0.3, 0.4) is 0 Å². The summed E-state index contributed by atoms with van der Waals surface area (Å²) < 4.78 is 12.2. The third kappa shape index (κ3) is 6.32. The number of hydrogen-bond acceptors (Lipinski definition) is 8. The molecule has 0 spiro atoms. The van der Waals surface area contributed by atoms with Crippen molar-refractivity contribution in [3.8, 4) is 0 Å². The maximum absolute atomic E-state index is 13.5. The fourth-order valence-electron chi connectivity index (χ4n) is 5.19. The van der Waals surface area contributed by atoms with Crippen molar-refractivity contribution < 1.29 is 23.9 Å². The zero-order valence-corrected chi connectivity index (χ0v) is 24.6. The number of likely N-dealkylation sites (N-methyl/N-ethyl adjacent to an activating group) is 1. The van der Waals surface area contributed by atoms with Gasteiger partial charge >= 0.3 is 6.09 Å². The highest BCUT2D eigenvalue weighted by molar-refractivity contribution is 6.04. The normalized spacial score (nSPS) is 15.9. The summed E-state index contributed by atoms with van der Waals surface area (Å²) in [6.45, 7) is 8.24. The molecular formula is C31H38N6O5. The van der Waals surface area contributed by atoms with Crippen LogP contribution in [0.4, 0.5) is 16.3 Å². The minimum absolute atomic E-state index is 0.125. The Hall–Kier alpha value is -4.22. The second-order valence-electron chi connectivity index (χ2n) is 11.2. The fraction of sp³-hybridized carbons (Fsp3) is 0.419. The molecule has 42 heavy (non-hydrogen) atoms. The summed E-state index contributed by atoms with van der Waals surface area (Å²) in [6, 6.07) is 16.7. The lowest BCUT2D eigenvalue weighted by Crippen LogP contribution is -2.44. The number of nitrogens with one attached hydrogen (secondary N) is 1. The number of rotatable bonds is 8. The van der Waals surface area contributed by atoms with E-state index in [9.17, 15) is 14.4 Å². The van der Waals surface area contributed by atoms with E-state index >= 15 is 0 Å². The van der Waals surface area contributed by atoms with E-state index < -0.39 is 12.2 Å². The first-order chi connectivity index (χ1) is 20.2. The van der Waals surface area contributed by atoms with Crippen LogP contribution < -0.4 is 10.2 Å². The summed E-state index contributed by atoms with van der Waals surface area (Å²) in [5.41, 5.74) is 3.36. The van der Waals surface area contributed by atoms with Crippen LogP contribution in [0.15, 0.2) is 54.6 Å². The quantitative estimate of drug-likeness (QED) is 0.433. The first-order valence-electron chi connectivity index (χ1n) is 14.2. The van der Waals surface area contributed by atoms with Gasteiger partial charge in [0.05, 0.1) is 25.4 Å². The summed E-state index contributed by atoms with van der Waals surface area (Å²) in [4.78, 5) is 46.0. The number of nitrogens with zero attached hydrogens (tertiary/aromatic N) is 5. The summed E-state index contributed by atoms with van der Waals surface area (Å²) >= 11 is 0. The molecule has 1 N–H and O–H groups in total. The van der Waals surface area contributed by atoms with Gasteiger partial charge in [0.15, 0.2) is 11.9 Å². The van der Waals surface area contributed by atoms with E-state index in [1.807, 2.05) is 56.3 Å². The summed E-state index contributed by atoms with van der Waals surface area (Å²) in [5, 5.41) is 7.29. The molecule has 2 aliphatic heterocycles. The smallest absolute Gasteiger partial charge is 0.435 e. The van der Waals surface area contributed by atoms with Gasteiger partial charge in [-0.25, -0.2) is 4.79 Å². The molecule has 5 rings (SSSR count). The van der Waals surface area contributed by atoms with Gasteiger partial charge in [0, 0.05) is 50.1 Å². The Morgan fingerprint density at radius 3 is 2.29 bits per heavy atom. The van der Waals surface area contributed by atoms with Crippen LogP contribution in [0.25, 0.3) is 0 Å². The Kier molecular flexibility index (Phi) is 8.89. The van der Waals surface area contributed by atoms with E-state index in [4.69, 9.17) is 9.47 Å². The maximum atomic E-state index is 13.5. The maximum Gasteiger partial charge on any atom is 0.435 e. The van der Waals surface area contributed by atoms with Gasteiger partial charge < -0.3 is 29.5 Å². The number of ether oxygens (including phenoxy) is 2. The van der Waals surface area contributed by atoms with Gasteiger partial charge in [0.25, 0.3) is 11.8 Å². The molecule has 0 aliphatic carbocycles. The van der Waals surface area contributed by atoms with E-state index in [2.05, 4.69) is 27.3 Å². The SMILES string of the molecule is CO[C@@H](C(=O)N1Cc2c(NC(=O)c3ccc(N4CCN(C)CC4)cc3)nn(C(=O)OCC(C)C)c2C1)c1ccccc1. The first-order valence-corrected chi connectivity index (χ1v) is 14.2. The van der Waals surface area contributed by atoms with Crippen LogP contribution in [0, 0.1) is 5.92 Å². The van der Waals surface area contributed by atoms with Crippen LogP contribution in [0.2, 0.25) is 0 Å². The number of aromatic nitrogens is 2. The molecule has 3 aromatic rings.